The van der Waals surface area contributed by atoms with Crippen LogP contribution in [-0.2, 0) is 16.1 Å². The molecule has 1 unspecified atom stereocenters. The lowest BCUT2D eigenvalue weighted by Crippen LogP contribution is -2.44. The smallest absolute Gasteiger partial charge is 0.323 e. The normalized spacial score (nSPS) is 17.4. The summed E-state index contributed by atoms with van der Waals surface area (Å²) >= 11 is 0. The Morgan fingerprint density at radius 3 is 2.71 bits per heavy atom. The summed E-state index contributed by atoms with van der Waals surface area (Å²) in [7, 11) is 1.45. The van der Waals surface area contributed by atoms with Gasteiger partial charge >= 0.3 is 5.97 Å². The van der Waals surface area contributed by atoms with Gasteiger partial charge in [-0.05, 0) is 43.7 Å². The molecule has 0 saturated carbocycles. The zero-order valence-electron chi connectivity index (χ0n) is 16.0. The van der Waals surface area contributed by atoms with E-state index in [0.717, 1.165) is 48.2 Å². The van der Waals surface area contributed by atoms with E-state index in [2.05, 4.69) is 10.2 Å². The fourth-order valence-electron chi connectivity index (χ4n) is 3.71. The molecule has 1 N–H and O–H groups in total. The third-order valence-corrected chi connectivity index (χ3v) is 5.12. The van der Waals surface area contributed by atoms with E-state index in [0.29, 0.717) is 12.4 Å². The number of para-hydroxylation sites is 2. The number of ether oxygens (including phenoxy) is 1. The van der Waals surface area contributed by atoms with Gasteiger partial charge < -0.3 is 10.1 Å². The summed E-state index contributed by atoms with van der Waals surface area (Å²) in [5.41, 5.74) is 1.86. The van der Waals surface area contributed by atoms with Crippen LogP contribution in [0, 0.1) is 0 Å². The predicted molar refractivity (Wildman–Crippen MR) is 109 cm³/mol. The first-order chi connectivity index (χ1) is 13.7. The number of nitrogens with one attached hydrogen (secondary N) is 1. The molecule has 144 valence electrons. The van der Waals surface area contributed by atoms with Crippen molar-refractivity contribution in [1.82, 2.24) is 14.9 Å². The SMILES string of the molecule is COC(=O)C1CCCCN1Cc1nc(Nc2ccccc2)c2ccccc2n1. The second-order valence-electron chi connectivity index (χ2n) is 7.00. The monoisotopic (exact) mass is 376 g/mol. The van der Waals surface area contributed by atoms with Crippen molar-refractivity contribution in [2.75, 3.05) is 19.0 Å². The largest absolute Gasteiger partial charge is 0.468 e. The fourth-order valence-corrected chi connectivity index (χ4v) is 3.71. The first kappa shape index (κ1) is 18.4. The maximum Gasteiger partial charge on any atom is 0.323 e. The first-order valence-electron chi connectivity index (χ1n) is 9.64. The van der Waals surface area contributed by atoms with Gasteiger partial charge in [-0.3, -0.25) is 9.69 Å². The molecule has 2 aromatic carbocycles. The molecule has 1 atom stereocenters. The second kappa shape index (κ2) is 8.35. The van der Waals surface area contributed by atoms with Crippen LogP contribution in [0.3, 0.4) is 0 Å². The van der Waals surface area contributed by atoms with Crippen LogP contribution >= 0.6 is 0 Å². The molecular weight excluding hydrogens is 352 g/mol. The van der Waals surface area contributed by atoms with Gasteiger partial charge in [0.25, 0.3) is 0 Å². The number of nitrogens with zero attached hydrogens (tertiary/aromatic N) is 3. The van der Waals surface area contributed by atoms with Crippen molar-refractivity contribution in [1.29, 1.82) is 0 Å². The van der Waals surface area contributed by atoms with Crippen LogP contribution in [0.1, 0.15) is 25.1 Å². The Labute approximate surface area is 164 Å². The van der Waals surface area contributed by atoms with Gasteiger partial charge in [0, 0.05) is 11.1 Å². The molecular formula is C22H24N4O2. The van der Waals surface area contributed by atoms with E-state index in [-0.39, 0.29) is 12.0 Å². The number of fused-ring (bicyclic) bond motifs is 1. The Kier molecular flexibility index (Phi) is 5.48. The first-order valence-corrected chi connectivity index (χ1v) is 9.64. The highest BCUT2D eigenvalue weighted by Gasteiger charge is 2.30. The van der Waals surface area contributed by atoms with Gasteiger partial charge in [-0.15, -0.1) is 0 Å². The van der Waals surface area contributed by atoms with Gasteiger partial charge in [0.15, 0.2) is 0 Å². The standard InChI is InChI=1S/C22H24N4O2/c1-28-22(27)19-13-7-8-14-26(19)15-20-24-18-12-6-5-11-17(18)21(25-20)23-16-9-3-2-4-10-16/h2-6,9-12,19H,7-8,13-15H2,1H3,(H,23,24,25). The van der Waals surface area contributed by atoms with E-state index in [1.54, 1.807) is 0 Å². The van der Waals surface area contributed by atoms with Gasteiger partial charge in [-0.2, -0.15) is 0 Å². The third-order valence-electron chi connectivity index (χ3n) is 5.12. The summed E-state index contributed by atoms with van der Waals surface area (Å²) in [5, 5.41) is 4.38. The molecule has 0 spiro atoms. The summed E-state index contributed by atoms with van der Waals surface area (Å²) in [6.07, 6.45) is 2.92. The van der Waals surface area contributed by atoms with Crippen LogP contribution in [0.4, 0.5) is 11.5 Å². The quantitative estimate of drug-likeness (QED) is 0.681. The number of esters is 1. The number of piperidine rings is 1. The summed E-state index contributed by atoms with van der Waals surface area (Å²) in [6, 6.07) is 17.7. The van der Waals surface area contributed by atoms with Crippen LogP contribution in [0.5, 0.6) is 0 Å². The molecule has 1 aliphatic rings. The highest BCUT2D eigenvalue weighted by atomic mass is 16.5. The molecule has 6 nitrogen and oxygen atoms in total. The van der Waals surface area contributed by atoms with E-state index < -0.39 is 0 Å². The minimum atomic E-state index is -0.223. The molecule has 1 aromatic heterocycles. The molecule has 6 heteroatoms. The Bertz CT molecular complexity index is 961. The highest BCUT2D eigenvalue weighted by Crippen LogP contribution is 2.25. The summed E-state index contributed by atoms with van der Waals surface area (Å²) in [5.74, 6) is 1.30. The Hall–Kier alpha value is -2.99. The lowest BCUT2D eigenvalue weighted by molar-refractivity contribution is -0.148. The molecule has 1 fully saturated rings. The number of rotatable bonds is 5. The van der Waals surface area contributed by atoms with Crippen molar-refractivity contribution >= 4 is 28.4 Å². The number of anilines is 2. The lowest BCUT2D eigenvalue weighted by atomic mass is 10.0. The van der Waals surface area contributed by atoms with E-state index in [4.69, 9.17) is 14.7 Å². The van der Waals surface area contributed by atoms with Crippen LogP contribution in [0.25, 0.3) is 10.9 Å². The molecule has 1 aliphatic heterocycles. The van der Waals surface area contributed by atoms with Crippen molar-refractivity contribution in [2.45, 2.75) is 31.8 Å². The molecule has 1 saturated heterocycles. The van der Waals surface area contributed by atoms with Gasteiger partial charge in [0.2, 0.25) is 0 Å². The number of aromatic nitrogens is 2. The molecule has 0 bridgehead atoms. The van der Waals surface area contributed by atoms with Crippen LogP contribution in [-0.4, -0.2) is 40.5 Å². The number of carbonyl (C=O) groups excluding carboxylic acids is 1. The molecule has 0 amide bonds. The Balaban J connectivity index is 1.66. The average molecular weight is 376 g/mol. The molecule has 3 aromatic rings. The zero-order chi connectivity index (χ0) is 19.3. The number of benzene rings is 2. The van der Waals surface area contributed by atoms with E-state index in [1.165, 1.54) is 7.11 Å². The number of methoxy groups -OCH3 is 1. The summed E-state index contributed by atoms with van der Waals surface area (Å²) < 4.78 is 5.00. The van der Waals surface area contributed by atoms with Crippen molar-refractivity contribution in [3.05, 3.63) is 60.4 Å². The van der Waals surface area contributed by atoms with Crippen molar-refractivity contribution < 1.29 is 9.53 Å². The van der Waals surface area contributed by atoms with Crippen molar-refractivity contribution in [3.63, 3.8) is 0 Å². The predicted octanol–water partition coefficient (Wildman–Crippen LogP) is 3.90. The van der Waals surface area contributed by atoms with Crippen LogP contribution in [0.2, 0.25) is 0 Å². The van der Waals surface area contributed by atoms with Gasteiger partial charge in [0.05, 0.1) is 19.2 Å². The number of carbonyl (C=O) groups is 1. The lowest BCUT2D eigenvalue weighted by Gasteiger charge is -2.33. The Morgan fingerprint density at radius 2 is 1.89 bits per heavy atom. The molecule has 2 heterocycles. The van der Waals surface area contributed by atoms with E-state index in [1.807, 2.05) is 54.6 Å². The van der Waals surface area contributed by atoms with Gasteiger partial charge in [-0.25, -0.2) is 9.97 Å². The summed E-state index contributed by atoms with van der Waals surface area (Å²) in [6.45, 7) is 1.37. The molecule has 0 radical (unpaired) electrons. The van der Waals surface area contributed by atoms with Gasteiger partial charge in [0.1, 0.15) is 17.7 Å². The molecule has 4 rings (SSSR count). The maximum atomic E-state index is 12.2. The topological polar surface area (TPSA) is 67.3 Å². The average Bonchev–Trinajstić information content (AvgIpc) is 2.74. The summed E-state index contributed by atoms with van der Waals surface area (Å²) in [4.78, 5) is 23.8. The zero-order valence-corrected chi connectivity index (χ0v) is 16.0. The second-order valence-corrected chi connectivity index (χ2v) is 7.00. The molecule has 28 heavy (non-hydrogen) atoms. The minimum absolute atomic E-state index is 0.178. The van der Waals surface area contributed by atoms with E-state index in [9.17, 15) is 4.79 Å². The maximum absolute atomic E-state index is 12.2. The minimum Gasteiger partial charge on any atom is -0.468 e. The van der Waals surface area contributed by atoms with Crippen molar-refractivity contribution in [2.24, 2.45) is 0 Å². The van der Waals surface area contributed by atoms with Crippen LogP contribution in [0.15, 0.2) is 54.6 Å². The van der Waals surface area contributed by atoms with Gasteiger partial charge in [-0.1, -0.05) is 36.8 Å². The number of likely N-dealkylation sites (tertiary alicyclic amines) is 1. The number of hydrogen-bond acceptors (Lipinski definition) is 6. The third kappa shape index (κ3) is 3.97. The van der Waals surface area contributed by atoms with E-state index >= 15 is 0 Å². The van der Waals surface area contributed by atoms with Crippen LogP contribution < -0.4 is 5.32 Å². The Morgan fingerprint density at radius 1 is 1.11 bits per heavy atom. The highest BCUT2D eigenvalue weighted by molar-refractivity contribution is 5.90. The number of hydrogen-bond donors (Lipinski definition) is 1. The molecule has 0 aliphatic carbocycles. The van der Waals surface area contributed by atoms with Crippen molar-refractivity contribution in [3.8, 4) is 0 Å². The fraction of sp³-hybridized carbons (Fsp3) is 0.318.